The highest BCUT2D eigenvalue weighted by Gasteiger charge is 2.20. The summed E-state index contributed by atoms with van der Waals surface area (Å²) in [5.41, 5.74) is 1.30. The molecule has 2 heterocycles. The van der Waals surface area contributed by atoms with Crippen LogP contribution in [0.1, 0.15) is 6.92 Å². The first-order valence-corrected chi connectivity index (χ1v) is 9.80. The van der Waals surface area contributed by atoms with E-state index in [2.05, 4.69) is 20.5 Å². The summed E-state index contributed by atoms with van der Waals surface area (Å²) < 4.78 is 1.83. The van der Waals surface area contributed by atoms with Crippen LogP contribution in [0.4, 0.5) is 5.69 Å². The number of nitrogens with zero attached hydrogens (tertiary/aromatic N) is 4. The normalized spacial score (nSPS) is 12.0. The molecule has 0 unspecified atom stereocenters. The maximum atomic E-state index is 12.5. The zero-order valence-corrected chi connectivity index (χ0v) is 17.4. The van der Waals surface area contributed by atoms with E-state index < -0.39 is 5.25 Å². The van der Waals surface area contributed by atoms with E-state index in [1.54, 1.807) is 19.3 Å². The Labute approximate surface area is 175 Å². The SMILES string of the molecule is C[C@H](Sc1nnc(-c2ccncc2)n1C)C(=O)Nc1cc(Cl)c(Cl)cc1Cl. The first-order valence-electron chi connectivity index (χ1n) is 7.78. The average molecular weight is 443 g/mol. The molecule has 1 N–H and O–H groups in total. The third kappa shape index (κ3) is 4.55. The number of hydrogen-bond acceptors (Lipinski definition) is 5. The van der Waals surface area contributed by atoms with Gasteiger partial charge < -0.3 is 9.88 Å². The minimum Gasteiger partial charge on any atom is -0.324 e. The molecule has 6 nitrogen and oxygen atoms in total. The fraction of sp³-hybridized carbons (Fsp3) is 0.176. The van der Waals surface area contributed by atoms with Crippen molar-refractivity contribution in [3.05, 3.63) is 51.7 Å². The lowest BCUT2D eigenvalue weighted by atomic mass is 10.2. The second-order valence-electron chi connectivity index (χ2n) is 5.60. The van der Waals surface area contributed by atoms with Crippen LogP contribution in [0.2, 0.25) is 15.1 Å². The van der Waals surface area contributed by atoms with Gasteiger partial charge in [-0.1, -0.05) is 46.6 Å². The molecule has 0 fully saturated rings. The predicted octanol–water partition coefficient (Wildman–Crippen LogP) is 4.96. The molecule has 1 amide bonds. The monoisotopic (exact) mass is 441 g/mol. The fourth-order valence-corrected chi connectivity index (χ4v) is 3.64. The number of halogens is 3. The van der Waals surface area contributed by atoms with Crippen LogP contribution in [0, 0.1) is 0 Å². The molecule has 0 aliphatic carbocycles. The summed E-state index contributed by atoms with van der Waals surface area (Å²) in [6, 6.07) is 6.70. The zero-order chi connectivity index (χ0) is 19.6. The van der Waals surface area contributed by atoms with Crippen molar-refractivity contribution in [3.8, 4) is 11.4 Å². The molecule has 0 radical (unpaired) electrons. The molecule has 0 bridgehead atoms. The highest BCUT2D eigenvalue weighted by Crippen LogP contribution is 2.33. The lowest BCUT2D eigenvalue weighted by Gasteiger charge is -2.13. The van der Waals surface area contributed by atoms with Crippen molar-refractivity contribution in [1.82, 2.24) is 19.7 Å². The average Bonchev–Trinajstić information content (AvgIpc) is 3.00. The molecule has 1 aromatic carbocycles. The summed E-state index contributed by atoms with van der Waals surface area (Å²) in [5.74, 6) is 0.453. The third-order valence-corrected chi connectivity index (χ3v) is 5.86. The number of benzene rings is 1. The molecule has 3 aromatic rings. The molecule has 3 rings (SSSR count). The standard InChI is InChI=1S/C17H14Cl3N5OS/c1-9(16(26)22-14-8-12(19)11(18)7-13(14)20)27-17-24-23-15(25(17)2)10-3-5-21-6-4-10/h3-9H,1-2H3,(H,22,26)/t9-/m0/s1. The molecule has 0 spiro atoms. The van der Waals surface area contributed by atoms with Gasteiger partial charge in [0.15, 0.2) is 11.0 Å². The van der Waals surface area contributed by atoms with Crippen LogP contribution < -0.4 is 5.32 Å². The van der Waals surface area contributed by atoms with E-state index in [-0.39, 0.29) is 5.91 Å². The summed E-state index contributed by atoms with van der Waals surface area (Å²) in [4.78, 5) is 16.5. The molecule has 1 atom stereocenters. The number of aromatic nitrogens is 4. The predicted molar refractivity (Wildman–Crippen MR) is 110 cm³/mol. The first-order chi connectivity index (χ1) is 12.9. The molecule has 0 aliphatic rings. The minimum atomic E-state index is -0.441. The van der Waals surface area contributed by atoms with Gasteiger partial charge in [0.25, 0.3) is 0 Å². The Morgan fingerprint density at radius 3 is 2.48 bits per heavy atom. The van der Waals surface area contributed by atoms with Gasteiger partial charge in [-0.15, -0.1) is 10.2 Å². The van der Waals surface area contributed by atoms with Gasteiger partial charge in [0, 0.05) is 25.0 Å². The maximum absolute atomic E-state index is 12.5. The van der Waals surface area contributed by atoms with Gasteiger partial charge in [-0.2, -0.15) is 0 Å². The van der Waals surface area contributed by atoms with Gasteiger partial charge >= 0.3 is 0 Å². The summed E-state index contributed by atoms with van der Waals surface area (Å²) in [6.07, 6.45) is 3.38. The van der Waals surface area contributed by atoms with E-state index >= 15 is 0 Å². The van der Waals surface area contributed by atoms with Gasteiger partial charge in [-0.05, 0) is 31.2 Å². The van der Waals surface area contributed by atoms with E-state index in [1.165, 1.54) is 23.9 Å². The van der Waals surface area contributed by atoms with Gasteiger partial charge in [0.2, 0.25) is 5.91 Å². The Morgan fingerprint density at radius 1 is 1.11 bits per heavy atom. The number of hydrogen-bond donors (Lipinski definition) is 1. The topological polar surface area (TPSA) is 72.7 Å². The second kappa shape index (κ2) is 8.48. The number of pyridine rings is 1. The van der Waals surface area contributed by atoms with Gasteiger partial charge in [0.05, 0.1) is 26.0 Å². The molecule has 10 heteroatoms. The van der Waals surface area contributed by atoms with Crippen LogP contribution in [-0.2, 0) is 11.8 Å². The molecule has 0 aliphatic heterocycles. The van der Waals surface area contributed by atoms with Crippen LogP contribution >= 0.6 is 46.6 Å². The van der Waals surface area contributed by atoms with E-state index in [0.29, 0.717) is 31.7 Å². The number of carbonyl (C=O) groups excluding carboxylic acids is 1. The lowest BCUT2D eigenvalue weighted by Crippen LogP contribution is -2.23. The highest BCUT2D eigenvalue weighted by atomic mass is 35.5. The van der Waals surface area contributed by atoms with Gasteiger partial charge in [-0.3, -0.25) is 9.78 Å². The Bertz CT molecular complexity index is 980. The van der Waals surface area contributed by atoms with Crippen molar-refractivity contribution in [3.63, 3.8) is 0 Å². The number of anilines is 1. The largest absolute Gasteiger partial charge is 0.324 e. The number of nitrogens with one attached hydrogen (secondary N) is 1. The van der Waals surface area contributed by atoms with E-state index in [4.69, 9.17) is 34.8 Å². The summed E-state index contributed by atoms with van der Waals surface area (Å²) >= 11 is 19.3. The molecular formula is C17H14Cl3N5OS. The third-order valence-electron chi connectivity index (χ3n) is 3.69. The quantitative estimate of drug-likeness (QED) is 0.447. The summed E-state index contributed by atoms with van der Waals surface area (Å²) in [7, 11) is 1.85. The molecule has 0 saturated heterocycles. The second-order valence-corrected chi connectivity index (χ2v) is 8.13. The van der Waals surface area contributed by atoms with Gasteiger partial charge in [-0.25, -0.2) is 0 Å². The zero-order valence-electron chi connectivity index (χ0n) is 14.3. The van der Waals surface area contributed by atoms with Crippen LogP contribution in [0.3, 0.4) is 0 Å². The first kappa shape index (κ1) is 19.9. The molecule has 27 heavy (non-hydrogen) atoms. The summed E-state index contributed by atoms with van der Waals surface area (Å²) in [5, 5.41) is 12.3. The van der Waals surface area contributed by atoms with Crippen molar-refractivity contribution in [2.24, 2.45) is 7.05 Å². The highest BCUT2D eigenvalue weighted by molar-refractivity contribution is 8.00. The van der Waals surface area contributed by atoms with Crippen molar-refractivity contribution < 1.29 is 4.79 Å². The van der Waals surface area contributed by atoms with Gasteiger partial charge in [0.1, 0.15) is 0 Å². The van der Waals surface area contributed by atoms with Crippen molar-refractivity contribution in [1.29, 1.82) is 0 Å². The number of thioether (sulfide) groups is 1. The molecule has 140 valence electrons. The van der Waals surface area contributed by atoms with Crippen molar-refractivity contribution >= 4 is 58.2 Å². The van der Waals surface area contributed by atoms with Crippen molar-refractivity contribution in [2.75, 3.05) is 5.32 Å². The van der Waals surface area contributed by atoms with E-state index in [1.807, 2.05) is 23.7 Å². The fourth-order valence-electron chi connectivity index (χ4n) is 2.23. The van der Waals surface area contributed by atoms with Crippen LogP contribution in [0.5, 0.6) is 0 Å². The lowest BCUT2D eigenvalue weighted by molar-refractivity contribution is -0.115. The van der Waals surface area contributed by atoms with E-state index in [9.17, 15) is 4.79 Å². The summed E-state index contributed by atoms with van der Waals surface area (Å²) in [6.45, 7) is 1.77. The molecule has 2 aromatic heterocycles. The van der Waals surface area contributed by atoms with E-state index in [0.717, 1.165) is 5.56 Å². The molecule has 0 saturated carbocycles. The Balaban J connectivity index is 1.72. The van der Waals surface area contributed by atoms with Crippen LogP contribution in [0.15, 0.2) is 41.8 Å². The minimum absolute atomic E-state index is 0.242. The number of amides is 1. The Kier molecular flexibility index (Phi) is 6.26. The Morgan fingerprint density at radius 2 is 1.78 bits per heavy atom. The Hall–Kier alpha value is -1.80. The smallest absolute Gasteiger partial charge is 0.237 e. The van der Waals surface area contributed by atoms with Crippen LogP contribution in [-0.4, -0.2) is 30.9 Å². The number of rotatable bonds is 5. The number of carbonyl (C=O) groups is 1. The van der Waals surface area contributed by atoms with Crippen LogP contribution in [0.25, 0.3) is 11.4 Å². The maximum Gasteiger partial charge on any atom is 0.237 e. The van der Waals surface area contributed by atoms with Crippen molar-refractivity contribution in [2.45, 2.75) is 17.3 Å². The molecular weight excluding hydrogens is 429 g/mol.